The summed E-state index contributed by atoms with van der Waals surface area (Å²) in [5.41, 5.74) is 0.679. The van der Waals surface area contributed by atoms with Crippen LogP contribution in [0, 0.1) is 5.92 Å². The Bertz CT molecular complexity index is 744. The van der Waals surface area contributed by atoms with Crippen molar-refractivity contribution in [1.29, 1.82) is 0 Å². The fourth-order valence-corrected chi connectivity index (χ4v) is 2.95. The van der Waals surface area contributed by atoms with E-state index in [4.69, 9.17) is 13.9 Å². The van der Waals surface area contributed by atoms with Crippen LogP contribution in [0.25, 0.3) is 0 Å². The summed E-state index contributed by atoms with van der Waals surface area (Å²) < 4.78 is 16.1. The van der Waals surface area contributed by atoms with Crippen LogP contribution in [-0.2, 0) is 22.7 Å². The van der Waals surface area contributed by atoms with E-state index in [9.17, 15) is 9.59 Å². The van der Waals surface area contributed by atoms with E-state index >= 15 is 0 Å². The van der Waals surface area contributed by atoms with Crippen LogP contribution >= 0.6 is 0 Å². The van der Waals surface area contributed by atoms with Gasteiger partial charge in [-0.1, -0.05) is 49.6 Å². The zero-order chi connectivity index (χ0) is 17.5. The van der Waals surface area contributed by atoms with Gasteiger partial charge in [0.15, 0.2) is 0 Å². The minimum atomic E-state index is -0.286. The first-order valence-electron chi connectivity index (χ1n) is 8.67. The van der Waals surface area contributed by atoms with Crippen molar-refractivity contribution >= 4 is 5.97 Å². The van der Waals surface area contributed by atoms with Gasteiger partial charge < -0.3 is 13.9 Å². The Morgan fingerprint density at radius 1 is 1.08 bits per heavy atom. The second kappa shape index (κ2) is 8.51. The molecule has 0 saturated heterocycles. The lowest BCUT2D eigenvalue weighted by atomic mass is 9.89. The van der Waals surface area contributed by atoms with Crippen LogP contribution in [0.15, 0.2) is 51.9 Å². The van der Waals surface area contributed by atoms with Gasteiger partial charge in [-0.3, -0.25) is 9.59 Å². The number of rotatable bonds is 6. The third-order valence-electron chi connectivity index (χ3n) is 4.38. The predicted molar refractivity (Wildman–Crippen MR) is 92.1 cm³/mol. The van der Waals surface area contributed by atoms with E-state index in [0.717, 1.165) is 31.2 Å². The number of benzene rings is 1. The average Bonchev–Trinajstić information content (AvgIpc) is 2.67. The van der Waals surface area contributed by atoms with Gasteiger partial charge in [0.05, 0.1) is 5.92 Å². The highest BCUT2D eigenvalue weighted by Crippen LogP contribution is 2.25. The molecule has 0 radical (unpaired) electrons. The number of hydrogen-bond donors (Lipinski definition) is 0. The number of carbonyl (C=O) groups is 1. The molecule has 0 unspecified atom stereocenters. The lowest BCUT2D eigenvalue weighted by Gasteiger charge is -2.19. The molecule has 0 N–H and O–H groups in total. The maximum absolute atomic E-state index is 12.1. The molecule has 1 saturated carbocycles. The SMILES string of the molecule is O=C(OCc1cc(=O)c(OCc2ccccc2)co1)C1CCCCC1. The highest BCUT2D eigenvalue weighted by Gasteiger charge is 2.22. The summed E-state index contributed by atoms with van der Waals surface area (Å²) in [6, 6.07) is 10.9. The van der Waals surface area contributed by atoms with Gasteiger partial charge in [-0.15, -0.1) is 0 Å². The molecular formula is C20H22O5. The summed E-state index contributed by atoms with van der Waals surface area (Å²) in [5.74, 6) is 0.244. The zero-order valence-corrected chi connectivity index (χ0v) is 14.1. The molecule has 1 aliphatic rings. The minimum absolute atomic E-state index is 0.0195. The van der Waals surface area contributed by atoms with Crippen molar-refractivity contribution in [3.63, 3.8) is 0 Å². The molecule has 132 valence electrons. The van der Waals surface area contributed by atoms with E-state index in [1.807, 2.05) is 30.3 Å². The van der Waals surface area contributed by atoms with Gasteiger partial charge in [-0.25, -0.2) is 0 Å². The van der Waals surface area contributed by atoms with E-state index in [2.05, 4.69) is 0 Å². The van der Waals surface area contributed by atoms with Gasteiger partial charge in [0.2, 0.25) is 11.2 Å². The van der Waals surface area contributed by atoms with Crippen LogP contribution in [0.3, 0.4) is 0 Å². The van der Waals surface area contributed by atoms with Crippen LogP contribution in [-0.4, -0.2) is 5.97 Å². The fourth-order valence-electron chi connectivity index (χ4n) is 2.95. The number of esters is 1. The van der Waals surface area contributed by atoms with Crippen molar-refractivity contribution in [2.45, 2.75) is 45.3 Å². The summed E-state index contributed by atoms with van der Waals surface area (Å²) >= 11 is 0. The molecule has 1 aliphatic carbocycles. The molecule has 1 fully saturated rings. The molecule has 25 heavy (non-hydrogen) atoms. The predicted octanol–water partition coefficient (Wildman–Crippen LogP) is 3.84. The van der Waals surface area contributed by atoms with E-state index < -0.39 is 0 Å². The lowest BCUT2D eigenvalue weighted by molar-refractivity contribution is -0.151. The monoisotopic (exact) mass is 342 g/mol. The Morgan fingerprint density at radius 3 is 2.56 bits per heavy atom. The molecule has 0 amide bonds. The highest BCUT2D eigenvalue weighted by atomic mass is 16.5. The molecule has 0 aliphatic heterocycles. The molecule has 0 atom stereocenters. The molecular weight excluding hydrogens is 320 g/mol. The third kappa shape index (κ3) is 4.95. The molecule has 3 rings (SSSR count). The van der Waals surface area contributed by atoms with E-state index in [0.29, 0.717) is 12.4 Å². The van der Waals surface area contributed by atoms with E-state index in [1.54, 1.807) is 0 Å². The maximum Gasteiger partial charge on any atom is 0.309 e. The summed E-state index contributed by atoms with van der Waals surface area (Å²) in [6.45, 7) is 0.269. The highest BCUT2D eigenvalue weighted by molar-refractivity contribution is 5.72. The molecule has 2 aromatic rings. The topological polar surface area (TPSA) is 65.7 Å². The lowest BCUT2D eigenvalue weighted by Crippen LogP contribution is -2.20. The molecule has 1 heterocycles. The zero-order valence-electron chi connectivity index (χ0n) is 14.1. The maximum atomic E-state index is 12.1. The van der Waals surface area contributed by atoms with Gasteiger partial charge in [-0.05, 0) is 18.4 Å². The van der Waals surface area contributed by atoms with Crippen LogP contribution in [0.4, 0.5) is 0 Å². The minimum Gasteiger partial charge on any atom is -0.482 e. The number of hydrogen-bond acceptors (Lipinski definition) is 5. The van der Waals surface area contributed by atoms with Gasteiger partial charge in [0.25, 0.3) is 0 Å². The first kappa shape index (κ1) is 17.3. The molecule has 1 aromatic heterocycles. The van der Waals surface area contributed by atoms with Crippen molar-refractivity contribution in [3.8, 4) is 5.75 Å². The van der Waals surface area contributed by atoms with Crippen molar-refractivity contribution in [2.75, 3.05) is 0 Å². The Hall–Kier alpha value is -2.56. The van der Waals surface area contributed by atoms with Gasteiger partial charge >= 0.3 is 5.97 Å². The van der Waals surface area contributed by atoms with Crippen molar-refractivity contribution in [1.82, 2.24) is 0 Å². The average molecular weight is 342 g/mol. The van der Waals surface area contributed by atoms with Crippen molar-refractivity contribution < 1.29 is 18.7 Å². The van der Waals surface area contributed by atoms with Gasteiger partial charge in [-0.2, -0.15) is 0 Å². The Morgan fingerprint density at radius 2 is 1.84 bits per heavy atom. The summed E-state index contributed by atoms with van der Waals surface area (Å²) in [5, 5.41) is 0. The third-order valence-corrected chi connectivity index (χ3v) is 4.38. The smallest absolute Gasteiger partial charge is 0.309 e. The van der Waals surface area contributed by atoms with Crippen LogP contribution < -0.4 is 10.2 Å². The molecule has 0 spiro atoms. The fraction of sp³-hybridized carbons (Fsp3) is 0.400. The Kier molecular flexibility index (Phi) is 5.88. The van der Waals surface area contributed by atoms with E-state index in [-0.39, 0.29) is 29.7 Å². The standard InChI is InChI=1S/C20H22O5/c21-18-11-17(13-25-20(22)16-9-5-2-6-10-16)23-14-19(18)24-12-15-7-3-1-4-8-15/h1,3-4,7-8,11,14,16H,2,5-6,9-10,12-13H2. The Balaban J connectivity index is 1.52. The normalized spacial score (nSPS) is 14.9. The second-order valence-corrected chi connectivity index (χ2v) is 6.29. The first-order chi connectivity index (χ1) is 12.2. The van der Waals surface area contributed by atoms with Crippen LogP contribution in [0.5, 0.6) is 5.75 Å². The van der Waals surface area contributed by atoms with Crippen molar-refractivity contribution in [2.24, 2.45) is 5.92 Å². The number of ether oxygens (including phenoxy) is 2. The molecule has 1 aromatic carbocycles. The van der Waals surface area contributed by atoms with Gasteiger partial charge in [0, 0.05) is 6.07 Å². The molecule has 5 nitrogen and oxygen atoms in total. The summed E-state index contributed by atoms with van der Waals surface area (Å²) in [6.07, 6.45) is 6.37. The largest absolute Gasteiger partial charge is 0.482 e. The Labute approximate surface area is 146 Å². The number of carbonyl (C=O) groups excluding carboxylic acids is 1. The van der Waals surface area contributed by atoms with Crippen molar-refractivity contribution in [3.05, 3.63) is 64.2 Å². The summed E-state index contributed by atoms with van der Waals surface area (Å²) in [4.78, 5) is 24.1. The first-order valence-corrected chi connectivity index (χ1v) is 8.67. The summed E-state index contributed by atoms with van der Waals surface area (Å²) in [7, 11) is 0. The van der Waals surface area contributed by atoms with Crippen LogP contribution in [0.1, 0.15) is 43.4 Å². The van der Waals surface area contributed by atoms with Crippen LogP contribution in [0.2, 0.25) is 0 Å². The van der Waals surface area contributed by atoms with Gasteiger partial charge in [0.1, 0.15) is 25.2 Å². The molecule has 5 heteroatoms. The second-order valence-electron chi connectivity index (χ2n) is 6.29. The molecule has 0 bridgehead atoms. The van der Waals surface area contributed by atoms with E-state index in [1.165, 1.54) is 18.8 Å². The quantitative estimate of drug-likeness (QED) is 0.746.